The summed E-state index contributed by atoms with van der Waals surface area (Å²) in [5.41, 5.74) is 5.00. The van der Waals surface area contributed by atoms with E-state index in [2.05, 4.69) is 52.0 Å². The molecule has 7 rings (SSSR count). The Bertz CT molecular complexity index is 1590. The molecule has 0 amide bonds. The van der Waals surface area contributed by atoms with Gasteiger partial charge in [-0.05, 0) is 76.6 Å². The molecule has 1 N–H and O–H groups in total. The minimum Gasteiger partial charge on any atom is -0.507 e. The van der Waals surface area contributed by atoms with Gasteiger partial charge in [0.05, 0.1) is 7.11 Å². The Morgan fingerprint density at radius 3 is 2.05 bits per heavy atom. The average molecular weight is 493 g/mol. The van der Waals surface area contributed by atoms with Gasteiger partial charge in [-0.1, -0.05) is 64.1 Å². The Morgan fingerprint density at radius 1 is 0.757 bits per heavy atom. The monoisotopic (exact) mass is 492 g/mol. The van der Waals surface area contributed by atoms with Crippen molar-refractivity contribution in [3.8, 4) is 45.6 Å². The Balaban J connectivity index is 1.61. The molecule has 0 atom stereocenters. The number of hydrogen-bond donors (Lipinski definition) is 1. The number of phenolic OH excluding ortho intramolecular Hbond substituents is 1. The van der Waals surface area contributed by atoms with Crippen molar-refractivity contribution in [2.45, 2.75) is 52.4 Å². The molecule has 188 valence electrons. The number of phenols is 1. The lowest BCUT2D eigenvalue weighted by Gasteiger charge is -2.51. The second-order valence-corrected chi connectivity index (χ2v) is 12.6. The number of fused-ring (bicyclic) bond motifs is 10. The first-order chi connectivity index (χ1) is 17.6. The molecule has 4 aromatic carbocycles. The highest BCUT2D eigenvalue weighted by molar-refractivity contribution is 6.10. The van der Waals surface area contributed by atoms with Gasteiger partial charge in [0.15, 0.2) is 23.0 Å². The predicted molar refractivity (Wildman–Crippen MR) is 146 cm³/mol. The number of aromatic hydroxyl groups is 1. The highest BCUT2D eigenvalue weighted by Crippen LogP contribution is 2.66. The molecule has 1 heterocycles. The van der Waals surface area contributed by atoms with Crippen LogP contribution in [0.25, 0.3) is 21.9 Å². The fraction of sp³-hybridized carbons (Fsp3) is 0.333. The Kier molecular flexibility index (Phi) is 4.40. The third kappa shape index (κ3) is 3.08. The molecule has 1 aliphatic heterocycles. The molecule has 1 fully saturated rings. The zero-order valence-electron chi connectivity index (χ0n) is 22.1. The first-order valence-corrected chi connectivity index (χ1v) is 13.1. The van der Waals surface area contributed by atoms with E-state index < -0.39 is 0 Å². The van der Waals surface area contributed by atoms with E-state index in [1.54, 1.807) is 7.11 Å². The van der Waals surface area contributed by atoms with E-state index in [1.807, 2.05) is 36.4 Å². The molecule has 0 radical (unpaired) electrons. The highest BCUT2D eigenvalue weighted by Gasteiger charge is 2.54. The van der Waals surface area contributed by atoms with Crippen molar-refractivity contribution >= 4 is 10.8 Å². The molecule has 0 saturated heterocycles. The number of methoxy groups -OCH3 is 1. The van der Waals surface area contributed by atoms with Gasteiger partial charge in [0.25, 0.3) is 0 Å². The summed E-state index contributed by atoms with van der Waals surface area (Å²) in [6.07, 6.45) is 3.22. The van der Waals surface area contributed by atoms with Crippen LogP contribution in [0, 0.1) is 10.8 Å². The van der Waals surface area contributed by atoms with Crippen molar-refractivity contribution in [1.29, 1.82) is 0 Å². The van der Waals surface area contributed by atoms with E-state index in [0.29, 0.717) is 34.1 Å². The van der Waals surface area contributed by atoms with Crippen LogP contribution in [0.1, 0.15) is 58.1 Å². The summed E-state index contributed by atoms with van der Waals surface area (Å²) in [5.74, 6) is 3.23. The standard InChI is InChI=1S/C33H32O4/c1-31(2)16-32(3,4)18-33(17-31)21-11-7-6-10-19(21)27-22(33)15-23(34)20-14-26(35-5)29-30(28(20)27)37-25-13-9-8-12-24(25)36-29/h6-15,34H,16-18H2,1-5H3. The Hall–Kier alpha value is -3.66. The van der Waals surface area contributed by atoms with Gasteiger partial charge in [-0.3, -0.25) is 0 Å². The van der Waals surface area contributed by atoms with Crippen LogP contribution in [0.15, 0.2) is 60.7 Å². The van der Waals surface area contributed by atoms with Crippen LogP contribution in [-0.4, -0.2) is 12.2 Å². The van der Waals surface area contributed by atoms with Gasteiger partial charge < -0.3 is 19.3 Å². The third-order valence-corrected chi connectivity index (χ3v) is 8.52. The summed E-state index contributed by atoms with van der Waals surface area (Å²) >= 11 is 0. The molecule has 0 unspecified atom stereocenters. The summed E-state index contributed by atoms with van der Waals surface area (Å²) in [7, 11) is 1.62. The second kappa shape index (κ2) is 7.22. The molecular weight excluding hydrogens is 460 g/mol. The Labute approximate surface area is 217 Å². The molecule has 2 aliphatic carbocycles. The van der Waals surface area contributed by atoms with Crippen molar-refractivity contribution in [3.63, 3.8) is 0 Å². The maximum Gasteiger partial charge on any atom is 0.212 e. The lowest BCUT2D eigenvalue weighted by molar-refractivity contribution is 0.0645. The van der Waals surface area contributed by atoms with Gasteiger partial charge in [0.1, 0.15) is 5.75 Å². The summed E-state index contributed by atoms with van der Waals surface area (Å²) in [4.78, 5) is 0. The molecule has 0 aromatic heterocycles. The average Bonchev–Trinajstić information content (AvgIpc) is 3.08. The summed E-state index contributed by atoms with van der Waals surface area (Å²) in [5, 5.41) is 13.1. The van der Waals surface area contributed by atoms with Crippen LogP contribution in [0.5, 0.6) is 34.5 Å². The molecule has 1 spiro atoms. The predicted octanol–water partition coefficient (Wildman–Crippen LogP) is 8.95. The maximum absolute atomic E-state index is 11.6. The minimum atomic E-state index is -0.191. The second-order valence-electron chi connectivity index (χ2n) is 12.6. The number of benzene rings is 4. The summed E-state index contributed by atoms with van der Waals surface area (Å²) < 4.78 is 18.7. The highest BCUT2D eigenvalue weighted by atomic mass is 16.6. The minimum absolute atomic E-state index is 0.152. The first kappa shape index (κ1) is 22.5. The maximum atomic E-state index is 11.6. The molecule has 4 aromatic rings. The Morgan fingerprint density at radius 2 is 1.38 bits per heavy atom. The van der Waals surface area contributed by atoms with E-state index in [9.17, 15) is 5.11 Å². The van der Waals surface area contributed by atoms with E-state index >= 15 is 0 Å². The van der Waals surface area contributed by atoms with Crippen LogP contribution in [0.2, 0.25) is 0 Å². The molecule has 37 heavy (non-hydrogen) atoms. The van der Waals surface area contributed by atoms with Crippen LogP contribution < -0.4 is 14.2 Å². The molecule has 3 aliphatic rings. The zero-order chi connectivity index (χ0) is 25.7. The van der Waals surface area contributed by atoms with Gasteiger partial charge in [-0.15, -0.1) is 0 Å². The van der Waals surface area contributed by atoms with Crippen LogP contribution in [0.4, 0.5) is 0 Å². The lowest BCUT2D eigenvalue weighted by atomic mass is 9.52. The van der Waals surface area contributed by atoms with Gasteiger partial charge in [-0.25, -0.2) is 0 Å². The number of hydrogen-bond acceptors (Lipinski definition) is 4. The van der Waals surface area contributed by atoms with E-state index in [-0.39, 0.29) is 22.0 Å². The fourth-order valence-electron chi connectivity index (χ4n) is 8.09. The van der Waals surface area contributed by atoms with Crippen molar-refractivity contribution in [3.05, 3.63) is 71.8 Å². The lowest BCUT2D eigenvalue weighted by Crippen LogP contribution is -2.43. The topological polar surface area (TPSA) is 47.9 Å². The summed E-state index contributed by atoms with van der Waals surface area (Å²) in [6, 6.07) is 20.3. The van der Waals surface area contributed by atoms with Crippen molar-refractivity contribution in [2.75, 3.05) is 7.11 Å². The number of rotatable bonds is 1. The quantitative estimate of drug-likeness (QED) is 0.254. The molecule has 1 saturated carbocycles. The summed E-state index contributed by atoms with van der Waals surface area (Å²) in [6.45, 7) is 9.55. The smallest absolute Gasteiger partial charge is 0.212 e. The van der Waals surface area contributed by atoms with Gasteiger partial charge in [0.2, 0.25) is 5.75 Å². The van der Waals surface area contributed by atoms with Crippen molar-refractivity contribution in [2.24, 2.45) is 10.8 Å². The fourth-order valence-corrected chi connectivity index (χ4v) is 8.09. The van der Waals surface area contributed by atoms with Gasteiger partial charge in [0, 0.05) is 16.2 Å². The van der Waals surface area contributed by atoms with E-state index in [1.165, 1.54) is 23.1 Å². The normalized spacial score (nSPS) is 19.3. The molecular formula is C33H32O4. The number of ether oxygens (including phenoxy) is 3. The van der Waals surface area contributed by atoms with E-state index in [4.69, 9.17) is 14.2 Å². The first-order valence-electron chi connectivity index (χ1n) is 13.1. The van der Waals surface area contributed by atoms with Gasteiger partial charge in [-0.2, -0.15) is 0 Å². The molecule has 4 nitrogen and oxygen atoms in total. The van der Waals surface area contributed by atoms with E-state index in [0.717, 1.165) is 23.8 Å². The van der Waals surface area contributed by atoms with Crippen LogP contribution in [-0.2, 0) is 5.41 Å². The molecule has 0 bridgehead atoms. The van der Waals surface area contributed by atoms with Gasteiger partial charge >= 0.3 is 0 Å². The zero-order valence-corrected chi connectivity index (χ0v) is 22.1. The number of para-hydroxylation sites is 2. The molecule has 4 heteroatoms. The van der Waals surface area contributed by atoms with Crippen molar-refractivity contribution < 1.29 is 19.3 Å². The van der Waals surface area contributed by atoms with Crippen LogP contribution >= 0.6 is 0 Å². The van der Waals surface area contributed by atoms with Crippen LogP contribution in [0.3, 0.4) is 0 Å². The third-order valence-electron chi connectivity index (χ3n) is 8.52. The SMILES string of the molecule is COc1cc2c(O)cc3c(c2c2c1Oc1ccccc1O2)-c1ccccc1C31CC(C)(C)CC(C)(C)C1. The van der Waals surface area contributed by atoms with Crippen molar-refractivity contribution in [1.82, 2.24) is 0 Å². The largest absolute Gasteiger partial charge is 0.507 e.